The third-order valence-electron chi connectivity index (χ3n) is 6.94. The first kappa shape index (κ1) is 20.6. The third kappa shape index (κ3) is 3.12. The summed E-state index contributed by atoms with van der Waals surface area (Å²) in [6.45, 7) is 11.1. The molecule has 4 rings (SSSR count). The Morgan fingerprint density at radius 1 is 1.20 bits per heavy atom. The maximum Gasteiger partial charge on any atom is 0.322 e. The van der Waals surface area contributed by atoms with Crippen molar-refractivity contribution in [2.75, 3.05) is 10.6 Å². The second-order valence-corrected chi connectivity index (χ2v) is 15.3. The van der Waals surface area contributed by atoms with Gasteiger partial charge in [0.25, 0.3) is 0 Å². The molecule has 1 saturated carbocycles. The van der Waals surface area contributed by atoms with E-state index in [4.69, 9.17) is 0 Å². The Balaban J connectivity index is 1.54. The van der Waals surface area contributed by atoms with Gasteiger partial charge in [0.2, 0.25) is 5.91 Å². The Bertz CT molecular complexity index is 975. The third-order valence-corrected chi connectivity index (χ3v) is 10.5. The number of hydrogen-bond donors (Lipinski definition) is 3. The van der Waals surface area contributed by atoms with Gasteiger partial charge in [0.1, 0.15) is 0 Å². The zero-order chi connectivity index (χ0) is 21.7. The van der Waals surface area contributed by atoms with E-state index < -0.39 is 13.6 Å². The van der Waals surface area contributed by atoms with Crippen molar-refractivity contribution in [2.45, 2.75) is 69.9 Å². The predicted octanol–water partition coefficient (Wildman–Crippen LogP) is 4.29. The fraction of sp³-hybridized carbons (Fsp3) is 0.524. The number of amides is 3. The first-order valence-electron chi connectivity index (χ1n) is 10.4. The van der Waals surface area contributed by atoms with Gasteiger partial charge in [-0.15, -0.1) is 0 Å². The lowest BCUT2D eigenvalue weighted by Crippen LogP contribution is -2.52. The Hall–Kier alpha value is -2.68. The summed E-state index contributed by atoms with van der Waals surface area (Å²) < 4.78 is 0. The summed E-state index contributed by atoms with van der Waals surface area (Å²) in [6.07, 6.45) is 6.28. The van der Waals surface area contributed by atoms with Crippen LogP contribution in [0.2, 0.25) is 24.7 Å². The van der Waals surface area contributed by atoms with Crippen molar-refractivity contribution >= 4 is 31.5 Å². The van der Waals surface area contributed by atoms with Crippen LogP contribution < -0.4 is 10.6 Å². The summed E-state index contributed by atoms with van der Waals surface area (Å²) in [5.41, 5.74) is 1.79. The Morgan fingerprint density at radius 2 is 1.93 bits per heavy atom. The molecule has 0 unspecified atom stereocenters. The van der Waals surface area contributed by atoms with Gasteiger partial charge in [-0.1, -0.05) is 26.1 Å². The molecule has 2 aliphatic rings. The molecule has 2 aromatic rings. The molecule has 3 amide bonds. The molecule has 1 aliphatic heterocycles. The number of rotatable bonds is 4. The minimum atomic E-state index is -1.68. The molecule has 0 atom stereocenters. The number of aromatic nitrogens is 3. The van der Waals surface area contributed by atoms with Crippen LogP contribution in [0.3, 0.4) is 0 Å². The number of anilines is 2. The van der Waals surface area contributed by atoms with Gasteiger partial charge in [-0.05, 0) is 38.8 Å². The van der Waals surface area contributed by atoms with E-state index in [0.717, 1.165) is 30.5 Å². The summed E-state index contributed by atoms with van der Waals surface area (Å²) in [6, 6.07) is 3.36. The molecular weight excluding hydrogens is 396 g/mol. The van der Waals surface area contributed by atoms with E-state index >= 15 is 0 Å². The van der Waals surface area contributed by atoms with Crippen molar-refractivity contribution in [2.24, 2.45) is 0 Å². The standard InChI is InChI=1S/C21H30N6O2Si/c1-20(2)16-15(13-27(20)19(29)23-14-8-6-11-22-12-14)17(26-25-16)24-18(28)21(9-7-10-21)30(3,4)5/h6,8,11-12H,7,9-10,13H2,1-5H3,(H,23,29)(H2,24,25,26,28). The van der Waals surface area contributed by atoms with Crippen LogP contribution in [-0.2, 0) is 16.9 Å². The Morgan fingerprint density at radius 3 is 2.50 bits per heavy atom. The van der Waals surface area contributed by atoms with Crippen LogP contribution in [0.1, 0.15) is 44.4 Å². The Kier molecular flexibility index (Phi) is 4.76. The topological polar surface area (TPSA) is 103 Å². The number of hydrogen-bond acceptors (Lipinski definition) is 4. The van der Waals surface area contributed by atoms with Crippen molar-refractivity contribution in [3.05, 3.63) is 35.8 Å². The summed E-state index contributed by atoms with van der Waals surface area (Å²) in [5.74, 6) is 0.627. The molecule has 0 spiro atoms. The fourth-order valence-electron chi connectivity index (χ4n) is 4.65. The van der Waals surface area contributed by atoms with Crippen LogP contribution >= 0.6 is 0 Å². The lowest BCUT2D eigenvalue weighted by atomic mass is 9.83. The molecule has 0 radical (unpaired) electrons. The van der Waals surface area contributed by atoms with Crippen LogP contribution in [0.4, 0.5) is 16.3 Å². The van der Waals surface area contributed by atoms with E-state index in [1.54, 1.807) is 29.4 Å². The monoisotopic (exact) mass is 426 g/mol. The zero-order valence-electron chi connectivity index (χ0n) is 18.3. The molecule has 0 saturated heterocycles. The van der Waals surface area contributed by atoms with E-state index in [9.17, 15) is 9.59 Å². The SMILES string of the molecule is CC1(C)c2[nH]nc(NC(=O)C3([Si](C)(C)C)CCC3)c2CN1C(=O)Nc1cccnc1. The molecule has 0 bridgehead atoms. The van der Waals surface area contributed by atoms with Gasteiger partial charge in [0.05, 0.1) is 37.7 Å². The molecule has 30 heavy (non-hydrogen) atoms. The highest BCUT2D eigenvalue weighted by atomic mass is 28.3. The van der Waals surface area contributed by atoms with Crippen LogP contribution in [0.5, 0.6) is 0 Å². The number of urea groups is 1. The van der Waals surface area contributed by atoms with Gasteiger partial charge < -0.3 is 15.5 Å². The Labute approximate surface area is 177 Å². The van der Waals surface area contributed by atoms with Crippen molar-refractivity contribution in [1.29, 1.82) is 0 Å². The van der Waals surface area contributed by atoms with E-state index in [0.29, 0.717) is 18.1 Å². The molecular formula is C21H30N6O2Si. The van der Waals surface area contributed by atoms with Gasteiger partial charge in [-0.2, -0.15) is 5.10 Å². The maximum absolute atomic E-state index is 13.2. The average molecular weight is 427 g/mol. The lowest BCUT2D eigenvalue weighted by Gasteiger charge is -2.48. The molecule has 1 fully saturated rings. The highest BCUT2D eigenvalue weighted by Gasteiger charge is 2.54. The number of nitrogens with zero attached hydrogens (tertiary/aromatic N) is 3. The van der Waals surface area contributed by atoms with E-state index in [1.807, 2.05) is 13.8 Å². The molecule has 3 heterocycles. The smallest absolute Gasteiger partial charge is 0.309 e. The quantitative estimate of drug-likeness (QED) is 0.635. The van der Waals surface area contributed by atoms with Crippen molar-refractivity contribution in [3.8, 4) is 0 Å². The number of aromatic amines is 1. The lowest BCUT2D eigenvalue weighted by molar-refractivity contribution is -0.121. The molecule has 8 nitrogen and oxygen atoms in total. The largest absolute Gasteiger partial charge is 0.322 e. The van der Waals surface area contributed by atoms with Crippen molar-refractivity contribution < 1.29 is 9.59 Å². The predicted molar refractivity (Wildman–Crippen MR) is 119 cm³/mol. The highest BCUT2D eigenvalue weighted by Crippen LogP contribution is 2.56. The molecule has 0 aromatic carbocycles. The summed E-state index contributed by atoms with van der Waals surface area (Å²) >= 11 is 0. The number of H-pyrrole nitrogens is 1. The van der Waals surface area contributed by atoms with Crippen LogP contribution in [-0.4, -0.2) is 40.1 Å². The maximum atomic E-state index is 13.2. The van der Waals surface area contributed by atoms with Gasteiger partial charge >= 0.3 is 6.03 Å². The summed E-state index contributed by atoms with van der Waals surface area (Å²) in [7, 11) is -1.68. The number of fused-ring (bicyclic) bond motifs is 1. The summed E-state index contributed by atoms with van der Waals surface area (Å²) in [5, 5.41) is 13.2. The van der Waals surface area contributed by atoms with E-state index in [1.165, 1.54) is 0 Å². The molecule has 9 heteroatoms. The number of carbonyl (C=O) groups is 2. The van der Waals surface area contributed by atoms with Crippen molar-refractivity contribution in [1.82, 2.24) is 20.1 Å². The van der Waals surface area contributed by atoms with Crippen LogP contribution in [0, 0.1) is 0 Å². The van der Waals surface area contributed by atoms with Gasteiger partial charge in [0, 0.05) is 16.8 Å². The van der Waals surface area contributed by atoms with E-state index in [-0.39, 0.29) is 17.0 Å². The first-order chi connectivity index (χ1) is 14.1. The summed E-state index contributed by atoms with van der Waals surface area (Å²) in [4.78, 5) is 32.0. The second kappa shape index (κ2) is 6.94. The van der Waals surface area contributed by atoms with Crippen LogP contribution in [0.25, 0.3) is 0 Å². The van der Waals surface area contributed by atoms with Gasteiger partial charge in [0.15, 0.2) is 5.82 Å². The normalized spacial score (nSPS) is 19.0. The van der Waals surface area contributed by atoms with E-state index in [2.05, 4.69) is 45.5 Å². The first-order valence-corrected chi connectivity index (χ1v) is 13.9. The van der Waals surface area contributed by atoms with Crippen molar-refractivity contribution in [3.63, 3.8) is 0 Å². The van der Waals surface area contributed by atoms with Crippen LogP contribution in [0.15, 0.2) is 24.5 Å². The molecule has 1 aliphatic carbocycles. The number of carbonyl (C=O) groups excluding carboxylic acids is 2. The number of nitrogens with one attached hydrogen (secondary N) is 3. The fourth-order valence-corrected chi connectivity index (χ4v) is 7.24. The number of pyridine rings is 1. The van der Waals surface area contributed by atoms with Gasteiger partial charge in [-0.25, -0.2) is 4.79 Å². The molecule has 3 N–H and O–H groups in total. The second-order valence-electron chi connectivity index (χ2n) is 9.88. The average Bonchev–Trinajstić information content (AvgIpc) is 3.12. The minimum absolute atomic E-state index is 0.0817. The highest BCUT2D eigenvalue weighted by molar-refractivity contribution is 6.83. The zero-order valence-corrected chi connectivity index (χ0v) is 19.3. The molecule has 160 valence electrons. The molecule has 2 aromatic heterocycles. The van der Waals surface area contributed by atoms with Gasteiger partial charge in [-0.3, -0.25) is 14.9 Å². The minimum Gasteiger partial charge on any atom is -0.309 e.